The number of hydrogen-bond donors (Lipinski definition) is 1. The molecule has 0 atom stereocenters. The van der Waals surface area contributed by atoms with Crippen LogP contribution in [0.5, 0.6) is 5.75 Å². The summed E-state index contributed by atoms with van der Waals surface area (Å²) in [7, 11) is 3.54. The van der Waals surface area contributed by atoms with Crippen molar-refractivity contribution < 1.29 is 9.53 Å². The molecule has 1 fully saturated rings. The van der Waals surface area contributed by atoms with Gasteiger partial charge in [-0.3, -0.25) is 9.69 Å². The maximum atomic E-state index is 12.9. The molecule has 1 aromatic carbocycles. The van der Waals surface area contributed by atoms with Gasteiger partial charge in [-0.15, -0.1) is 0 Å². The standard InChI is InChI=1S/C23H29BrN4O2/c1-15-16(2)28(19-7-5-6-8-19)23(20(15)12-25)26-22(29)14-27(3)13-17-11-18(24)9-10-21(17)30-4/h9-11,19H,5-8,13-14H2,1-4H3,(H,26,29). The van der Waals surface area contributed by atoms with Gasteiger partial charge in [0.2, 0.25) is 5.91 Å². The number of nitrogens with zero attached hydrogens (tertiary/aromatic N) is 3. The Bertz CT molecular complexity index is 971. The third-order valence-corrected chi connectivity index (χ3v) is 6.41. The Hall–Kier alpha value is -2.30. The number of nitrogens with one attached hydrogen (secondary N) is 1. The number of aromatic nitrogens is 1. The first-order valence-corrected chi connectivity index (χ1v) is 11.1. The maximum absolute atomic E-state index is 12.9. The number of rotatable bonds is 7. The summed E-state index contributed by atoms with van der Waals surface area (Å²) in [5.74, 6) is 1.32. The quantitative estimate of drug-likeness (QED) is 0.619. The number of carbonyl (C=O) groups excluding carboxylic acids is 1. The monoisotopic (exact) mass is 472 g/mol. The van der Waals surface area contributed by atoms with E-state index in [4.69, 9.17) is 4.74 Å². The van der Waals surface area contributed by atoms with Gasteiger partial charge in [-0.25, -0.2) is 0 Å². The molecule has 0 radical (unpaired) electrons. The molecular formula is C23H29BrN4O2. The Balaban J connectivity index is 1.76. The van der Waals surface area contributed by atoms with Crippen LogP contribution in [0, 0.1) is 25.2 Å². The molecular weight excluding hydrogens is 444 g/mol. The fourth-order valence-electron chi connectivity index (χ4n) is 4.34. The minimum atomic E-state index is -0.125. The van der Waals surface area contributed by atoms with E-state index in [1.165, 1.54) is 12.8 Å². The van der Waals surface area contributed by atoms with Crippen LogP contribution < -0.4 is 10.1 Å². The zero-order valence-corrected chi connectivity index (χ0v) is 19.7. The molecule has 2 aromatic rings. The van der Waals surface area contributed by atoms with Crippen molar-refractivity contribution in [3.05, 3.63) is 45.1 Å². The minimum absolute atomic E-state index is 0.125. The van der Waals surface area contributed by atoms with Gasteiger partial charge in [-0.2, -0.15) is 5.26 Å². The van der Waals surface area contributed by atoms with E-state index in [-0.39, 0.29) is 12.5 Å². The number of amides is 1. The van der Waals surface area contributed by atoms with Gasteiger partial charge < -0.3 is 14.6 Å². The fourth-order valence-corrected chi connectivity index (χ4v) is 4.75. The van der Waals surface area contributed by atoms with Crippen molar-refractivity contribution in [1.29, 1.82) is 5.26 Å². The summed E-state index contributed by atoms with van der Waals surface area (Å²) in [5, 5.41) is 12.8. The van der Waals surface area contributed by atoms with Crippen molar-refractivity contribution in [1.82, 2.24) is 9.47 Å². The number of likely N-dealkylation sites (N-methyl/N-ethyl adjacent to an activating group) is 1. The van der Waals surface area contributed by atoms with Crippen molar-refractivity contribution >= 4 is 27.7 Å². The Labute approximate surface area is 186 Å². The van der Waals surface area contributed by atoms with E-state index in [1.54, 1.807) is 7.11 Å². The van der Waals surface area contributed by atoms with E-state index in [9.17, 15) is 10.1 Å². The first kappa shape index (κ1) is 22.4. The highest BCUT2D eigenvalue weighted by Crippen LogP contribution is 2.37. The largest absolute Gasteiger partial charge is 0.496 e. The summed E-state index contributed by atoms with van der Waals surface area (Å²) in [6.07, 6.45) is 4.55. The second-order valence-electron chi connectivity index (χ2n) is 8.03. The molecule has 30 heavy (non-hydrogen) atoms. The molecule has 1 amide bonds. The summed E-state index contributed by atoms with van der Waals surface area (Å²) in [5.41, 5.74) is 3.60. The number of halogens is 1. The molecule has 6 nitrogen and oxygen atoms in total. The Morgan fingerprint density at radius 3 is 2.70 bits per heavy atom. The molecule has 3 rings (SSSR count). The van der Waals surface area contributed by atoms with Crippen molar-refractivity contribution in [2.24, 2.45) is 0 Å². The Kier molecular flexibility index (Phi) is 7.22. The molecule has 1 aromatic heterocycles. The van der Waals surface area contributed by atoms with Crippen molar-refractivity contribution in [3.8, 4) is 11.8 Å². The topological polar surface area (TPSA) is 70.3 Å². The van der Waals surface area contributed by atoms with Crippen LogP contribution in [0.3, 0.4) is 0 Å². The summed E-state index contributed by atoms with van der Waals surface area (Å²) in [6.45, 7) is 4.79. The van der Waals surface area contributed by atoms with Gasteiger partial charge >= 0.3 is 0 Å². The SMILES string of the molecule is COc1ccc(Br)cc1CN(C)CC(=O)Nc1c(C#N)c(C)c(C)n1C1CCCC1. The van der Waals surface area contributed by atoms with Crippen LogP contribution in [0.4, 0.5) is 5.82 Å². The second kappa shape index (κ2) is 9.67. The summed E-state index contributed by atoms with van der Waals surface area (Å²) < 4.78 is 8.58. The van der Waals surface area contributed by atoms with Gasteiger partial charge in [-0.05, 0) is 57.5 Å². The predicted octanol–water partition coefficient (Wildman–Crippen LogP) is 4.93. The molecule has 0 aliphatic heterocycles. The number of ether oxygens (including phenoxy) is 1. The highest BCUT2D eigenvalue weighted by molar-refractivity contribution is 9.10. The second-order valence-corrected chi connectivity index (χ2v) is 8.95. The van der Waals surface area contributed by atoms with Crippen LogP contribution in [-0.4, -0.2) is 36.1 Å². The van der Waals surface area contributed by atoms with Gasteiger partial charge in [0.05, 0.1) is 19.2 Å². The predicted molar refractivity (Wildman–Crippen MR) is 122 cm³/mol. The van der Waals surface area contributed by atoms with Crippen LogP contribution in [0.2, 0.25) is 0 Å². The van der Waals surface area contributed by atoms with Crippen LogP contribution in [0.25, 0.3) is 0 Å². The lowest BCUT2D eigenvalue weighted by Gasteiger charge is -2.21. The van der Waals surface area contributed by atoms with Crippen LogP contribution in [0.1, 0.15) is 54.1 Å². The average molecular weight is 473 g/mol. The van der Waals surface area contributed by atoms with Gasteiger partial charge in [-0.1, -0.05) is 28.8 Å². The molecule has 1 aliphatic carbocycles. The van der Waals surface area contributed by atoms with Gasteiger partial charge in [0.15, 0.2) is 0 Å². The molecule has 160 valence electrons. The number of hydrogen-bond acceptors (Lipinski definition) is 4. The average Bonchev–Trinajstić information content (AvgIpc) is 3.29. The summed E-state index contributed by atoms with van der Waals surface area (Å²) in [6, 6.07) is 8.49. The molecule has 1 N–H and O–H groups in total. The third kappa shape index (κ3) is 4.71. The first-order valence-electron chi connectivity index (χ1n) is 10.3. The lowest BCUT2D eigenvalue weighted by molar-refractivity contribution is -0.117. The number of anilines is 1. The van der Waals surface area contributed by atoms with Gasteiger partial charge in [0.25, 0.3) is 0 Å². The zero-order valence-electron chi connectivity index (χ0n) is 18.1. The van der Waals surface area contributed by atoms with Crippen molar-refractivity contribution in [2.75, 3.05) is 26.0 Å². The van der Waals surface area contributed by atoms with Crippen molar-refractivity contribution in [2.45, 2.75) is 52.1 Å². The van der Waals surface area contributed by atoms with Crippen LogP contribution in [0.15, 0.2) is 22.7 Å². The summed E-state index contributed by atoms with van der Waals surface area (Å²) in [4.78, 5) is 14.8. The fraction of sp³-hybridized carbons (Fsp3) is 0.478. The third-order valence-electron chi connectivity index (χ3n) is 5.91. The van der Waals surface area contributed by atoms with Gasteiger partial charge in [0, 0.05) is 28.3 Å². The normalized spacial score (nSPS) is 14.2. The zero-order chi connectivity index (χ0) is 21.8. The number of benzene rings is 1. The molecule has 7 heteroatoms. The molecule has 1 heterocycles. The molecule has 0 bridgehead atoms. The van der Waals surface area contributed by atoms with E-state index < -0.39 is 0 Å². The van der Waals surface area contributed by atoms with E-state index >= 15 is 0 Å². The van der Waals surface area contributed by atoms with E-state index in [0.717, 1.165) is 39.9 Å². The number of methoxy groups -OCH3 is 1. The highest BCUT2D eigenvalue weighted by Gasteiger charge is 2.26. The first-order chi connectivity index (χ1) is 14.3. The van der Waals surface area contributed by atoms with E-state index in [0.29, 0.717) is 24.0 Å². The van der Waals surface area contributed by atoms with Crippen LogP contribution in [-0.2, 0) is 11.3 Å². The molecule has 0 unspecified atom stereocenters. The minimum Gasteiger partial charge on any atom is -0.496 e. The number of nitriles is 1. The summed E-state index contributed by atoms with van der Waals surface area (Å²) >= 11 is 3.49. The molecule has 0 saturated heterocycles. The number of carbonyl (C=O) groups is 1. The molecule has 1 aliphatic rings. The Morgan fingerprint density at radius 2 is 2.07 bits per heavy atom. The lowest BCUT2D eigenvalue weighted by Crippen LogP contribution is -2.31. The van der Waals surface area contributed by atoms with Gasteiger partial charge in [0.1, 0.15) is 17.6 Å². The van der Waals surface area contributed by atoms with E-state index in [2.05, 4.69) is 31.9 Å². The van der Waals surface area contributed by atoms with Crippen LogP contribution >= 0.6 is 15.9 Å². The smallest absolute Gasteiger partial charge is 0.239 e. The maximum Gasteiger partial charge on any atom is 0.239 e. The highest BCUT2D eigenvalue weighted by atomic mass is 79.9. The van der Waals surface area contributed by atoms with Crippen molar-refractivity contribution in [3.63, 3.8) is 0 Å². The van der Waals surface area contributed by atoms with E-state index in [1.807, 2.05) is 44.0 Å². The Morgan fingerprint density at radius 1 is 1.37 bits per heavy atom. The molecule has 0 spiro atoms. The lowest BCUT2D eigenvalue weighted by atomic mass is 10.2. The molecule has 1 saturated carbocycles.